The van der Waals surface area contributed by atoms with Crippen LogP contribution in [0.2, 0.25) is 0 Å². The lowest BCUT2D eigenvalue weighted by Crippen LogP contribution is -2.17. The number of benzene rings is 1. The zero-order chi connectivity index (χ0) is 14.2. The predicted molar refractivity (Wildman–Crippen MR) is 77.1 cm³/mol. The molecule has 1 fully saturated rings. The first-order chi connectivity index (χ1) is 9.75. The Hall–Kier alpha value is -1.64. The number of Topliss-reactive ketones (excluding diaryl/α,β-unsaturated/α-hetero) is 1. The minimum absolute atomic E-state index is 0.0374. The third-order valence-electron chi connectivity index (χ3n) is 3.82. The molecule has 20 heavy (non-hydrogen) atoms. The molecule has 3 nitrogen and oxygen atoms in total. The molecule has 1 aromatic carbocycles. The van der Waals surface area contributed by atoms with Gasteiger partial charge in [-0.15, -0.1) is 0 Å². The number of carbonyl (C=O) groups excluding carboxylic acids is 2. The highest BCUT2D eigenvalue weighted by molar-refractivity contribution is 5.78. The van der Waals surface area contributed by atoms with Crippen molar-refractivity contribution in [2.75, 3.05) is 0 Å². The van der Waals surface area contributed by atoms with E-state index in [2.05, 4.69) is 0 Å². The van der Waals surface area contributed by atoms with Gasteiger partial charge in [-0.2, -0.15) is 0 Å². The van der Waals surface area contributed by atoms with Crippen molar-refractivity contribution in [3.8, 4) is 0 Å². The Morgan fingerprint density at radius 2 is 1.75 bits per heavy atom. The smallest absolute Gasteiger partial charge is 0.309 e. The lowest BCUT2D eigenvalue weighted by molar-refractivity contribution is -0.150. The Balaban J connectivity index is 1.82. The van der Waals surface area contributed by atoms with Gasteiger partial charge in [-0.25, -0.2) is 0 Å². The SMILES string of the molecule is O=C1CCCCC(C(=O)OCc2ccccc2)CCC1. The van der Waals surface area contributed by atoms with E-state index in [0.29, 0.717) is 25.2 Å². The van der Waals surface area contributed by atoms with Gasteiger partial charge in [-0.3, -0.25) is 9.59 Å². The fourth-order valence-corrected chi connectivity index (χ4v) is 2.61. The Kier molecular flexibility index (Phi) is 5.78. The van der Waals surface area contributed by atoms with Gasteiger partial charge >= 0.3 is 5.97 Å². The quantitative estimate of drug-likeness (QED) is 0.790. The summed E-state index contributed by atoms with van der Waals surface area (Å²) in [6, 6.07) is 9.73. The molecule has 1 unspecified atom stereocenters. The molecule has 0 heterocycles. The van der Waals surface area contributed by atoms with Gasteiger partial charge in [0.25, 0.3) is 0 Å². The molecule has 1 aliphatic rings. The van der Waals surface area contributed by atoms with Gasteiger partial charge in [0.05, 0.1) is 5.92 Å². The van der Waals surface area contributed by atoms with Crippen LogP contribution in [0.15, 0.2) is 30.3 Å². The molecule has 1 aromatic rings. The summed E-state index contributed by atoms with van der Waals surface area (Å²) in [5.74, 6) is 0.191. The molecule has 0 bridgehead atoms. The lowest BCUT2D eigenvalue weighted by Gasteiger charge is -2.14. The molecule has 0 spiro atoms. The molecule has 1 aliphatic carbocycles. The zero-order valence-corrected chi connectivity index (χ0v) is 11.8. The molecule has 108 valence electrons. The molecule has 3 heteroatoms. The summed E-state index contributed by atoms with van der Waals surface area (Å²) in [7, 11) is 0. The zero-order valence-electron chi connectivity index (χ0n) is 11.8. The summed E-state index contributed by atoms with van der Waals surface area (Å²) in [5.41, 5.74) is 1.01. The van der Waals surface area contributed by atoms with Crippen molar-refractivity contribution in [2.45, 2.75) is 51.6 Å². The van der Waals surface area contributed by atoms with Crippen LogP contribution >= 0.6 is 0 Å². The van der Waals surface area contributed by atoms with Crippen molar-refractivity contribution in [2.24, 2.45) is 5.92 Å². The van der Waals surface area contributed by atoms with Crippen molar-refractivity contribution in [3.63, 3.8) is 0 Å². The first-order valence-electron chi connectivity index (χ1n) is 7.48. The summed E-state index contributed by atoms with van der Waals surface area (Å²) in [6.07, 6.45) is 5.57. The monoisotopic (exact) mass is 274 g/mol. The van der Waals surface area contributed by atoms with Crippen LogP contribution in [0.1, 0.15) is 50.5 Å². The van der Waals surface area contributed by atoms with Gasteiger partial charge in [0.1, 0.15) is 12.4 Å². The molecule has 0 amide bonds. The highest BCUT2D eigenvalue weighted by atomic mass is 16.5. The third kappa shape index (κ3) is 4.80. The molecule has 2 rings (SSSR count). The molecule has 1 saturated carbocycles. The highest BCUT2D eigenvalue weighted by Crippen LogP contribution is 2.22. The lowest BCUT2D eigenvalue weighted by atomic mass is 9.97. The molecule has 0 saturated heterocycles. The number of ketones is 1. The summed E-state index contributed by atoms with van der Waals surface area (Å²) in [6.45, 7) is 0.342. The van der Waals surface area contributed by atoms with Crippen LogP contribution in [0.4, 0.5) is 0 Å². The van der Waals surface area contributed by atoms with Gasteiger partial charge in [-0.05, 0) is 31.2 Å². The van der Waals surface area contributed by atoms with E-state index >= 15 is 0 Å². The first-order valence-corrected chi connectivity index (χ1v) is 7.48. The van der Waals surface area contributed by atoms with Crippen LogP contribution in [-0.2, 0) is 20.9 Å². The van der Waals surface area contributed by atoms with Gasteiger partial charge in [0.2, 0.25) is 0 Å². The van der Waals surface area contributed by atoms with E-state index in [1.54, 1.807) is 0 Å². The average Bonchev–Trinajstić information content (AvgIpc) is 2.58. The van der Waals surface area contributed by atoms with Crippen molar-refractivity contribution in [1.82, 2.24) is 0 Å². The molecular formula is C17H22O3. The van der Waals surface area contributed by atoms with Crippen LogP contribution in [0.25, 0.3) is 0 Å². The van der Waals surface area contributed by atoms with E-state index < -0.39 is 0 Å². The number of ether oxygens (including phenoxy) is 1. The number of esters is 1. The minimum atomic E-state index is -0.108. The van der Waals surface area contributed by atoms with Crippen LogP contribution in [0, 0.1) is 5.92 Å². The molecule has 0 N–H and O–H groups in total. The van der Waals surface area contributed by atoms with E-state index in [4.69, 9.17) is 4.74 Å². The maximum absolute atomic E-state index is 12.1. The van der Waals surface area contributed by atoms with Gasteiger partial charge in [-0.1, -0.05) is 36.8 Å². The van der Waals surface area contributed by atoms with Crippen molar-refractivity contribution < 1.29 is 14.3 Å². The van der Waals surface area contributed by atoms with Crippen LogP contribution in [0.3, 0.4) is 0 Å². The second-order valence-electron chi connectivity index (χ2n) is 5.47. The maximum atomic E-state index is 12.1. The van der Waals surface area contributed by atoms with Gasteiger partial charge in [0.15, 0.2) is 0 Å². The minimum Gasteiger partial charge on any atom is -0.461 e. The summed E-state index contributed by atoms with van der Waals surface area (Å²) < 4.78 is 5.41. The van der Waals surface area contributed by atoms with E-state index in [0.717, 1.165) is 37.7 Å². The molecular weight excluding hydrogens is 252 g/mol. The Bertz CT molecular complexity index is 439. The fraction of sp³-hybridized carbons (Fsp3) is 0.529. The Morgan fingerprint density at radius 3 is 2.55 bits per heavy atom. The molecule has 0 aliphatic heterocycles. The van der Waals surface area contributed by atoms with E-state index in [1.165, 1.54) is 0 Å². The van der Waals surface area contributed by atoms with E-state index in [-0.39, 0.29) is 11.9 Å². The molecule has 1 atom stereocenters. The van der Waals surface area contributed by atoms with Gasteiger partial charge < -0.3 is 4.74 Å². The third-order valence-corrected chi connectivity index (χ3v) is 3.82. The summed E-state index contributed by atoms with van der Waals surface area (Å²) >= 11 is 0. The number of hydrogen-bond acceptors (Lipinski definition) is 3. The van der Waals surface area contributed by atoms with E-state index in [9.17, 15) is 9.59 Å². The second kappa shape index (κ2) is 7.83. The van der Waals surface area contributed by atoms with Crippen molar-refractivity contribution >= 4 is 11.8 Å². The number of rotatable bonds is 3. The van der Waals surface area contributed by atoms with Crippen LogP contribution in [0.5, 0.6) is 0 Å². The standard InChI is InChI=1S/C17H22O3/c18-16-11-5-4-9-15(10-6-12-16)17(19)20-13-14-7-2-1-3-8-14/h1-3,7-8,15H,4-6,9-13H2. The second-order valence-corrected chi connectivity index (χ2v) is 5.47. The predicted octanol–water partition coefficient (Wildman–Crippen LogP) is 3.66. The maximum Gasteiger partial charge on any atom is 0.309 e. The van der Waals surface area contributed by atoms with E-state index in [1.807, 2.05) is 30.3 Å². The highest BCUT2D eigenvalue weighted by Gasteiger charge is 2.21. The topological polar surface area (TPSA) is 43.4 Å². The van der Waals surface area contributed by atoms with Crippen molar-refractivity contribution in [1.29, 1.82) is 0 Å². The molecule has 0 aromatic heterocycles. The normalized spacial score (nSPS) is 20.6. The first kappa shape index (κ1) is 14.8. The van der Waals surface area contributed by atoms with Gasteiger partial charge in [0, 0.05) is 12.8 Å². The largest absolute Gasteiger partial charge is 0.461 e. The Labute approximate surface area is 120 Å². The molecule has 0 radical (unpaired) electrons. The summed E-state index contributed by atoms with van der Waals surface area (Å²) in [4.78, 5) is 23.6. The summed E-state index contributed by atoms with van der Waals surface area (Å²) in [5, 5.41) is 0. The number of carbonyl (C=O) groups is 2. The van der Waals surface area contributed by atoms with Crippen LogP contribution in [-0.4, -0.2) is 11.8 Å². The fourth-order valence-electron chi connectivity index (χ4n) is 2.61. The number of hydrogen-bond donors (Lipinski definition) is 0. The van der Waals surface area contributed by atoms with Crippen LogP contribution < -0.4 is 0 Å². The van der Waals surface area contributed by atoms with Crippen molar-refractivity contribution in [3.05, 3.63) is 35.9 Å². The average molecular weight is 274 g/mol. The Morgan fingerprint density at radius 1 is 1.05 bits per heavy atom.